The second-order valence-electron chi connectivity index (χ2n) is 4.79. The molecule has 0 aliphatic heterocycles. The minimum absolute atomic E-state index is 0.300. The van der Waals surface area contributed by atoms with Gasteiger partial charge in [-0.25, -0.2) is 0 Å². The number of aliphatic hydroxyl groups excluding tert-OH is 1. The van der Waals surface area contributed by atoms with Crippen molar-refractivity contribution >= 4 is 27.3 Å². The number of hydrogen-bond donors (Lipinski definition) is 1. The summed E-state index contributed by atoms with van der Waals surface area (Å²) in [4.78, 5) is 1.20. The van der Waals surface area contributed by atoms with Gasteiger partial charge in [0.2, 0.25) is 0 Å². The largest absolute Gasteiger partial charge is 0.488 e. The van der Waals surface area contributed by atoms with Crippen molar-refractivity contribution in [1.82, 2.24) is 0 Å². The van der Waals surface area contributed by atoms with Crippen molar-refractivity contribution in [2.45, 2.75) is 32.0 Å². The van der Waals surface area contributed by atoms with Crippen LogP contribution in [0, 0.1) is 0 Å². The summed E-state index contributed by atoms with van der Waals surface area (Å²) in [5, 5.41) is 12.0. The summed E-state index contributed by atoms with van der Waals surface area (Å²) in [5.74, 6) is 0.886. The first-order chi connectivity index (χ1) is 9.22. The van der Waals surface area contributed by atoms with E-state index in [2.05, 4.69) is 33.4 Å². The van der Waals surface area contributed by atoms with E-state index in [4.69, 9.17) is 4.74 Å². The lowest BCUT2D eigenvalue weighted by Crippen LogP contribution is -2.09. The average Bonchev–Trinajstić information content (AvgIpc) is 2.82. The SMILES string of the molecule is OC1CCCc2cc(OCc3cc(Br)cs3)ccc21. The fourth-order valence-corrected chi connectivity index (χ4v) is 3.80. The van der Waals surface area contributed by atoms with E-state index >= 15 is 0 Å². The molecule has 100 valence electrons. The van der Waals surface area contributed by atoms with E-state index in [-0.39, 0.29) is 6.10 Å². The molecule has 1 aromatic heterocycles. The van der Waals surface area contributed by atoms with Crippen LogP contribution in [-0.2, 0) is 13.0 Å². The molecule has 1 aliphatic rings. The van der Waals surface area contributed by atoms with Gasteiger partial charge in [0.25, 0.3) is 0 Å². The summed E-state index contributed by atoms with van der Waals surface area (Å²) in [5.41, 5.74) is 2.29. The van der Waals surface area contributed by atoms with E-state index in [1.807, 2.05) is 12.1 Å². The molecular weight excluding hydrogens is 324 g/mol. The zero-order valence-electron chi connectivity index (χ0n) is 10.4. The maximum absolute atomic E-state index is 9.92. The number of thiophene rings is 1. The highest BCUT2D eigenvalue weighted by molar-refractivity contribution is 9.10. The number of aryl methyl sites for hydroxylation is 1. The minimum atomic E-state index is -0.300. The molecule has 1 unspecified atom stereocenters. The molecule has 1 aliphatic carbocycles. The Hall–Kier alpha value is -0.840. The Morgan fingerprint density at radius 2 is 2.26 bits per heavy atom. The first kappa shape index (κ1) is 13.2. The van der Waals surface area contributed by atoms with Crippen LogP contribution in [0.3, 0.4) is 0 Å². The number of rotatable bonds is 3. The van der Waals surface area contributed by atoms with E-state index < -0.39 is 0 Å². The monoisotopic (exact) mass is 338 g/mol. The van der Waals surface area contributed by atoms with E-state index in [0.29, 0.717) is 6.61 Å². The smallest absolute Gasteiger partial charge is 0.122 e. The third-order valence-electron chi connectivity index (χ3n) is 3.40. The second kappa shape index (κ2) is 5.65. The zero-order valence-corrected chi connectivity index (χ0v) is 12.8. The minimum Gasteiger partial charge on any atom is -0.488 e. The summed E-state index contributed by atoms with van der Waals surface area (Å²) in [6, 6.07) is 8.10. The van der Waals surface area contributed by atoms with Gasteiger partial charge in [-0.15, -0.1) is 11.3 Å². The van der Waals surface area contributed by atoms with Crippen LogP contribution < -0.4 is 4.74 Å². The fourth-order valence-electron chi connectivity index (χ4n) is 2.44. The topological polar surface area (TPSA) is 29.5 Å². The lowest BCUT2D eigenvalue weighted by atomic mass is 9.89. The molecule has 19 heavy (non-hydrogen) atoms. The molecule has 1 atom stereocenters. The number of aliphatic hydroxyl groups is 1. The molecule has 1 heterocycles. The third-order valence-corrected chi connectivity index (χ3v) is 5.07. The quantitative estimate of drug-likeness (QED) is 0.895. The lowest BCUT2D eigenvalue weighted by molar-refractivity contribution is 0.156. The van der Waals surface area contributed by atoms with E-state index in [0.717, 1.165) is 35.0 Å². The maximum atomic E-state index is 9.92. The molecule has 0 bridgehead atoms. The van der Waals surface area contributed by atoms with Gasteiger partial charge in [0.15, 0.2) is 0 Å². The van der Waals surface area contributed by atoms with Crippen LogP contribution in [0.2, 0.25) is 0 Å². The van der Waals surface area contributed by atoms with Gasteiger partial charge >= 0.3 is 0 Å². The summed E-state index contributed by atoms with van der Waals surface area (Å²) in [6.07, 6.45) is 2.66. The van der Waals surface area contributed by atoms with Crippen molar-refractivity contribution in [3.05, 3.63) is 50.1 Å². The van der Waals surface area contributed by atoms with E-state index in [9.17, 15) is 5.11 Å². The number of benzene rings is 1. The molecule has 0 fully saturated rings. The molecule has 4 heteroatoms. The zero-order chi connectivity index (χ0) is 13.2. The normalized spacial score (nSPS) is 18.1. The van der Waals surface area contributed by atoms with Crippen LogP contribution in [0.1, 0.15) is 34.9 Å². The Bertz CT molecular complexity index is 579. The molecule has 0 spiro atoms. The van der Waals surface area contributed by atoms with Crippen LogP contribution in [0.25, 0.3) is 0 Å². The molecule has 1 N–H and O–H groups in total. The third kappa shape index (κ3) is 3.02. The number of hydrogen-bond acceptors (Lipinski definition) is 3. The first-order valence-corrected chi connectivity index (χ1v) is 8.06. The lowest BCUT2D eigenvalue weighted by Gasteiger charge is -2.21. The standard InChI is InChI=1S/C15H15BrO2S/c16-11-7-13(19-9-11)8-18-12-4-5-14-10(6-12)2-1-3-15(14)17/h4-7,9,15,17H,1-3,8H2. The van der Waals surface area contributed by atoms with Crippen LogP contribution in [0.15, 0.2) is 34.1 Å². The van der Waals surface area contributed by atoms with Crippen molar-refractivity contribution in [2.75, 3.05) is 0 Å². The van der Waals surface area contributed by atoms with Crippen LogP contribution in [0.4, 0.5) is 0 Å². The Morgan fingerprint density at radius 3 is 3.05 bits per heavy atom. The molecule has 2 nitrogen and oxygen atoms in total. The highest BCUT2D eigenvalue weighted by atomic mass is 79.9. The predicted molar refractivity (Wildman–Crippen MR) is 80.7 cm³/mol. The highest BCUT2D eigenvalue weighted by Gasteiger charge is 2.18. The van der Waals surface area contributed by atoms with Gasteiger partial charge in [-0.05, 0) is 64.5 Å². The van der Waals surface area contributed by atoms with E-state index in [1.54, 1.807) is 11.3 Å². The number of fused-ring (bicyclic) bond motifs is 1. The Kier molecular flexibility index (Phi) is 3.91. The number of ether oxygens (including phenoxy) is 1. The molecule has 0 saturated heterocycles. The molecular formula is C15H15BrO2S. The van der Waals surface area contributed by atoms with Crippen LogP contribution in [-0.4, -0.2) is 5.11 Å². The Morgan fingerprint density at radius 1 is 1.37 bits per heavy atom. The summed E-state index contributed by atoms with van der Waals surface area (Å²) in [7, 11) is 0. The van der Waals surface area contributed by atoms with Crippen molar-refractivity contribution in [2.24, 2.45) is 0 Å². The molecule has 0 saturated carbocycles. The van der Waals surface area contributed by atoms with E-state index in [1.165, 1.54) is 10.4 Å². The van der Waals surface area contributed by atoms with Crippen molar-refractivity contribution in [3.63, 3.8) is 0 Å². The second-order valence-corrected chi connectivity index (χ2v) is 6.70. The van der Waals surface area contributed by atoms with Gasteiger partial charge in [0.05, 0.1) is 6.10 Å². The van der Waals surface area contributed by atoms with Crippen molar-refractivity contribution in [1.29, 1.82) is 0 Å². The van der Waals surface area contributed by atoms with Crippen molar-refractivity contribution < 1.29 is 9.84 Å². The first-order valence-electron chi connectivity index (χ1n) is 6.39. The van der Waals surface area contributed by atoms with Gasteiger partial charge in [-0.2, -0.15) is 0 Å². The number of halogens is 1. The maximum Gasteiger partial charge on any atom is 0.122 e. The molecule has 0 radical (unpaired) electrons. The van der Waals surface area contributed by atoms with Crippen LogP contribution in [0.5, 0.6) is 5.75 Å². The average molecular weight is 339 g/mol. The van der Waals surface area contributed by atoms with Crippen molar-refractivity contribution in [3.8, 4) is 5.75 Å². The van der Waals surface area contributed by atoms with Gasteiger partial charge < -0.3 is 9.84 Å². The molecule has 2 aromatic rings. The summed E-state index contributed by atoms with van der Waals surface area (Å²) < 4.78 is 6.92. The Labute approximate surface area is 125 Å². The highest BCUT2D eigenvalue weighted by Crippen LogP contribution is 2.32. The molecule has 3 rings (SSSR count). The van der Waals surface area contributed by atoms with Gasteiger partial charge in [-0.1, -0.05) is 6.07 Å². The summed E-state index contributed by atoms with van der Waals surface area (Å²) in [6.45, 7) is 0.595. The van der Waals surface area contributed by atoms with Gasteiger partial charge in [0, 0.05) is 14.7 Å². The predicted octanol–water partition coefficient (Wildman–Crippen LogP) is 4.46. The van der Waals surface area contributed by atoms with Gasteiger partial charge in [-0.3, -0.25) is 0 Å². The molecule has 1 aromatic carbocycles. The van der Waals surface area contributed by atoms with Crippen LogP contribution >= 0.6 is 27.3 Å². The Balaban J connectivity index is 1.72. The fraction of sp³-hybridized carbons (Fsp3) is 0.333. The molecule has 0 amide bonds. The summed E-state index contributed by atoms with van der Waals surface area (Å²) >= 11 is 5.13. The van der Waals surface area contributed by atoms with Gasteiger partial charge in [0.1, 0.15) is 12.4 Å².